The average molecular weight is 307 g/mol. The first-order chi connectivity index (χ1) is 11.4. The van der Waals surface area contributed by atoms with Crippen molar-refractivity contribution < 1.29 is 0 Å². The van der Waals surface area contributed by atoms with Crippen molar-refractivity contribution in [2.24, 2.45) is 0 Å². The Morgan fingerprint density at radius 1 is 1.09 bits per heavy atom. The molecule has 0 aliphatic carbocycles. The monoisotopic (exact) mass is 307 g/mol. The van der Waals surface area contributed by atoms with E-state index < -0.39 is 0 Å². The summed E-state index contributed by atoms with van der Waals surface area (Å²) in [4.78, 5) is 7.68. The van der Waals surface area contributed by atoms with Crippen LogP contribution in [0.5, 0.6) is 0 Å². The predicted octanol–water partition coefficient (Wildman–Crippen LogP) is 2.94. The summed E-state index contributed by atoms with van der Waals surface area (Å²) in [5.41, 5.74) is 4.00. The Morgan fingerprint density at radius 3 is 2.87 bits per heavy atom. The van der Waals surface area contributed by atoms with E-state index in [4.69, 9.17) is 0 Å². The van der Waals surface area contributed by atoms with E-state index in [2.05, 4.69) is 56.6 Å². The Bertz CT molecular complexity index is 800. The van der Waals surface area contributed by atoms with E-state index in [1.807, 2.05) is 0 Å². The van der Waals surface area contributed by atoms with E-state index >= 15 is 0 Å². The topological polar surface area (TPSA) is 49.7 Å². The van der Waals surface area contributed by atoms with E-state index in [0.717, 1.165) is 39.0 Å². The van der Waals surface area contributed by atoms with Gasteiger partial charge in [0.25, 0.3) is 0 Å². The van der Waals surface area contributed by atoms with Crippen LogP contribution in [0.15, 0.2) is 48.9 Å². The molecule has 5 heteroatoms. The molecule has 0 amide bonds. The number of para-hydroxylation sites is 1. The van der Waals surface area contributed by atoms with Gasteiger partial charge in [-0.05, 0) is 24.5 Å². The summed E-state index contributed by atoms with van der Waals surface area (Å²) >= 11 is 0. The molecule has 0 unspecified atom stereocenters. The zero-order valence-electron chi connectivity index (χ0n) is 13.2. The quantitative estimate of drug-likeness (QED) is 0.788. The first-order valence-electron chi connectivity index (χ1n) is 8.22. The molecule has 118 valence electrons. The standard InChI is InChI=1S/C18H21N5/c1-2-7-18-16(6-1)17(13-19-18)15-5-3-10-22(14-15)11-4-12-23-20-8-9-21-23/h1-2,5-9,13,19H,3-4,10-12,14H2. The number of rotatable bonds is 5. The highest BCUT2D eigenvalue weighted by Crippen LogP contribution is 2.27. The number of nitrogens with zero attached hydrogens (tertiary/aromatic N) is 4. The molecule has 0 saturated carbocycles. The van der Waals surface area contributed by atoms with Crippen LogP contribution in [0.3, 0.4) is 0 Å². The van der Waals surface area contributed by atoms with Crippen LogP contribution < -0.4 is 0 Å². The second-order valence-corrected chi connectivity index (χ2v) is 6.02. The van der Waals surface area contributed by atoms with E-state index in [0.29, 0.717) is 0 Å². The van der Waals surface area contributed by atoms with Gasteiger partial charge in [0.05, 0.1) is 18.9 Å². The highest BCUT2D eigenvalue weighted by atomic mass is 15.5. The third-order valence-corrected chi connectivity index (χ3v) is 4.46. The second-order valence-electron chi connectivity index (χ2n) is 6.02. The van der Waals surface area contributed by atoms with Crippen molar-refractivity contribution in [1.29, 1.82) is 0 Å². The summed E-state index contributed by atoms with van der Waals surface area (Å²) in [6, 6.07) is 8.52. The van der Waals surface area contributed by atoms with Gasteiger partial charge in [0.15, 0.2) is 0 Å². The minimum Gasteiger partial charge on any atom is -0.361 e. The number of H-pyrrole nitrogens is 1. The largest absolute Gasteiger partial charge is 0.361 e. The minimum absolute atomic E-state index is 0.885. The first-order valence-corrected chi connectivity index (χ1v) is 8.22. The van der Waals surface area contributed by atoms with Gasteiger partial charge in [-0.2, -0.15) is 15.0 Å². The number of nitrogens with one attached hydrogen (secondary N) is 1. The number of aromatic nitrogens is 4. The lowest BCUT2D eigenvalue weighted by Gasteiger charge is -2.27. The highest BCUT2D eigenvalue weighted by molar-refractivity contribution is 5.93. The van der Waals surface area contributed by atoms with Crippen molar-refractivity contribution in [2.45, 2.75) is 19.4 Å². The maximum atomic E-state index is 4.16. The molecule has 0 fully saturated rings. The van der Waals surface area contributed by atoms with Crippen LogP contribution in [0.1, 0.15) is 18.4 Å². The number of aryl methyl sites for hydroxylation is 1. The number of aromatic amines is 1. The molecular formula is C18H21N5. The van der Waals surface area contributed by atoms with Gasteiger partial charge in [0.2, 0.25) is 0 Å². The maximum Gasteiger partial charge on any atom is 0.0693 e. The Balaban J connectivity index is 1.41. The van der Waals surface area contributed by atoms with Crippen LogP contribution in [-0.2, 0) is 6.54 Å². The van der Waals surface area contributed by atoms with Gasteiger partial charge in [-0.15, -0.1) is 0 Å². The summed E-state index contributed by atoms with van der Waals surface area (Å²) in [5, 5.41) is 9.64. The lowest BCUT2D eigenvalue weighted by Crippen LogP contribution is -2.31. The lowest BCUT2D eigenvalue weighted by molar-refractivity contribution is 0.288. The van der Waals surface area contributed by atoms with Gasteiger partial charge in [-0.25, -0.2) is 0 Å². The summed E-state index contributed by atoms with van der Waals surface area (Å²) in [6.45, 7) is 4.13. The van der Waals surface area contributed by atoms with Crippen molar-refractivity contribution in [2.75, 3.05) is 19.6 Å². The fourth-order valence-corrected chi connectivity index (χ4v) is 3.32. The zero-order chi connectivity index (χ0) is 15.5. The molecule has 1 aromatic carbocycles. The van der Waals surface area contributed by atoms with Gasteiger partial charge in [-0.3, -0.25) is 4.90 Å². The van der Waals surface area contributed by atoms with Gasteiger partial charge >= 0.3 is 0 Å². The van der Waals surface area contributed by atoms with Crippen molar-refractivity contribution in [1.82, 2.24) is 24.9 Å². The molecule has 5 nitrogen and oxygen atoms in total. The zero-order valence-corrected chi connectivity index (χ0v) is 13.2. The molecule has 2 aromatic heterocycles. The molecule has 0 bridgehead atoms. The Hall–Kier alpha value is -2.40. The second kappa shape index (κ2) is 6.38. The summed E-state index contributed by atoms with van der Waals surface area (Å²) in [5.74, 6) is 0. The van der Waals surface area contributed by atoms with Crippen LogP contribution >= 0.6 is 0 Å². The third kappa shape index (κ3) is 3.05. The van der Waals surface area contributed by atoms with Gasteiger partial charge < -0.3 is 4.98 Å². The molecular weight excluding hydrogens is 286 g/mol. The fourth-order valence-electron chi connectivity index (χ4n) is 3.32. The lowest BCUT2D eigenvalue weighted by atomic mass is 10.0. The maximum absolute atomic E-state index is 4.16. The summed E-state index contributed by atoms with van der Waals surface area (Å²) < 4.78 is 0. The number of hydrogen-bond acceptors (Lipinski definition) is 3. The first kappa shape index (κ1) is 14.2. The average Bonchev–Trinajstić information content (AvgIpc) is 3.24. The number of fused-ring (bicyclic) bond motifs is 1. The molecule has 0 saturated heterocycles. The third-order valence-electron chi connectivity index (χ3n) is 4.46. The van der Waals surface area contributed by atoms with Crippen molar-refractivity contribution in [3.63, 3.8) is 0 Å². The Kier molecular flexibility index (Phi) is 3.94. The summed E-state index contributed by atoms with van der Waals surface area (Å²) in [6.07, 6.45) is 10.2. The van der Waals surface area contributed by atoms with Crippen molar-refractivity contribution >= 4 is 16.5 Å². The molecule has 4 rings (SSSR count). The Morgan fingerprint density at radius 2 is 1.96 bits per heavy atom. The minimum atomic E-state index is 0.885. The van der Waals surface area contributed by atoms with E-state index in [1.54, 1.807) is 17.2 Å². The molecule has 1 aliphatic rings. The smallest absolute Gasteiger partial charge is 0.0693 e. The number of hydrogen-bond donors (Lipinski definition) is 1. The van der Waals surface area contributed by atoms with Crippen LogP contribution in [0, 0.1) is 0 Å². The number of benzene rings is 1. The van der Waals surface area contributed by atoms with Crippen molar-refractivity contribution in [3.05, 3.63) is 54.5 Å². The highest BCUT2D eigenvalue weighted by Gasteiger charge is 2.16. The summed E-state index contributed by atoms with van der Waals surface area (Å²) in [7, 11) is 0. The van der Waals surface area contributed by atoms with Crippen LogP contribution in [-0.4, -0.2) is 44.5 Å². The molecule has 3 aromatic rings. The molecule has 1 aliphatic heterocycles. The van der Waals surface area contributed by atoms with Crippen molar-refractivity contribution in [3.8, 4) is 0 Å². The van der Waals surface area contributed by atoms with E-state index in [1.165, 1.54) is 22.0 Å². The van der Waals surface area contributed by atoms with Crippen LogP contribution in [0.2, 0.25) is 0 Å². The SMILES string of the molecule is C1=C(c2c[nH]c3ccccc23)CN(CCCn2nccn2)CC1. The normalized spacial score (nSPS) is 15.9. The fraction of sp³-hybridized carbons (Fsp3) is 0.333. The van der Waals surface area contributed by atoms with Gasteiger partial charge in [0.1, 0.15) is 0 Å². The molecule has 0 radical (unpaired) electrons. The van der Waals surface area contributed by atoms with E-state index in [-0.39, 0.29) is 0 Å². The molecule has 23 heavy (non-hydrogen) atoms. The molecule has 3 heterocycles. The molecule has 0 spiro atoms. The van der Waals surface area contributed by atoms with Gasteiger partial charge in [-0.1, -0.05) is 24.3 Å². The van der Waals surface area contributed by atoms with Crippen LogP contribution in [0.25, 0.3) is 16.5 Å². The Labute approximate surface area is 135 Å². The van der Waals surface area contributed by atoms with Gasteiger partial charge in [0, 0.05) is 42.3 Å². The molecule has 1 N–H and O–H groups in total. The molecule has 0 atom stereocenters. The predicted molar refractivity (Wildman–Crippen MR) is 92.0 cm³/mol. The van der Waals surface area contributed by atoms with Crippen LogP contribution in [0.4, 0.5) is 0 Å². The van der Waals surface area contributed by atoms with E-state index in [9.17, 15) is 0 Å².